The molecule has 4 heteroatoms. The van der Waals surface area contributed by atoms with E-state index in [0.717, 1.165) is 0 Å². The van der Waals surface area contributed by atoms with Gasteiger partial charge in [0, 0.05) is 0 Å². The molecule has 0 saturated heterocycles. The van der Waals surface area contributed by atoms with Crippen LogP contribution in [0.25, 0.3) is 0 Å². The minimum atomic E-state index is 1.35. The van der Waals surface area contributed by atoms with Gasteiger partial charge in [-0.25, -0.2) is 0 Å². The van der Waals surface area contributed by atoms with Crippen LogP contribution in [0, 0.1) is 0 Å². The summed E-state index contributed by atoms with van der Waals surface area (Å²) in [6.07, 6.45) is 0. The van der Waals surface area contributed by atoms with Crippen LogP contribution in [-0.2, 0) is 0 Å². The fraction of sp³-hybridized carbons (Fsp3) is 0. The Morgan fingerprint density at radius 3 is 1.25 bits per heavy atom. The van der Waals surface area contributed by atoms with Crippen molar-refractivity contribution in [2.24, 2.45) is 0 Å². The first-order valence-corrected chi connectivity index (χ1v) is 11.0. The molecule has 0 saturated carbocycles. The van der Waals surface area contributed by atoms with Crippen molar-refractivity contribution in [3.8, 4) is 0 Å². The van der Waals surface area contributed by atoms with Gasteiger partial charge in [-0.15, -0.1) is 0 Å². The van der Waals surface area contributed by atoms with E-state index in [1.165, 1.54) is 43.2 Å². The molecule has 0 aliphatic carbocycles. The van der Waals surface area contributed by atoms with E-state index in [1.807, 2.05) is 15.8 Å². The molecular weight excluding hydrogens is 308 g/mol. The summed E-state index contributed by atoms with van der Waals surface area (Å²) in [6.45, 7) is 0. The summed E-state index contributed by atoms with van der Waals surface area (Å²) in [5.74, 6) is 0. The van der Waals surface area contributed by atoms with E-state index in [4.69, 9.17) is 0 Å². The van der Waals surface area contributed by atoms with Crippen LogP contribution in [0.3, 0.4) is 0 Å². The second-order valence-electron chi connectivity index (χ2n) is 0.192. The molecule has 0 aromatic rings. The molecule has 0 rings (SSSR count). The van der Waals surface area contributed by atoms with Crippen LogP contribution in [0.4, 0.5) is 0 Å². The first kappa shape index (κ1) is 6.34. The van der Waals surface area contributed by atoms with Crippen LogP contribution in [0.15, 0.2) is 0 Å². The minimum absolute atomic E-state index is 1.35. The predicted octanol–water partition coefficient (Wildman–Crippen LogP) is -0.536. The molecule has 0 aliphatic rings. The zero-order valence-electron chi connectivity index (χ0n) is 1.97. The maximum absolute atomic E-state index is 1.96. The van der Waals surface area contributed by atoms with E-state index in [0.29, 0.717) is 0 Å². The van der Waals surface area contributed by atoms with Gasteiger partial charge in [-0.1, -0.05) is 0 Å². The average molecular weight is 312 g/mol. The van der Waals surface area contributed by atoms with Crippen molar-refractivity contribution < 1.29 is 0 Å². The monoisotopic (exact) mass is 310 g/mol. The standard InChI is InChI=1S/S2.2Sb.4H/c1-2;;;;;;/q-2;2*+1;;;;. The zero-order chi connectivity index (χ0) is 3.41. The number of rotatable bonds is 1. The summed E-state index contributed by atoms with van der Waals surface area (Å²) in [4.78, 5) is 0. The Morgan fingerprint density at radius 1 is 1.00 bits per heavy atom. The molecule has 0 radical (unpaired) electrons. The SMILES string of the molecule is [SbH2][S][S][SbH2]. The topological polar surface area (TPSA) is 0 Å². The summed E-state index contributed by atoms with van der Waals surface area (Å²) in [5, 5.41) is 0. The second-order valence-corrected chi connectivity index (χ2v) is 11.6. The maximum atomic E-state index is 1.96. The van der Waals surface area contributed by atoms with Gasteiger partial charge in [0.15, 0.2) is 0 Å². The summed E-state index contributed by atoms with van der Waals surface area (Å²) in [5.41, 5.74) is 0. The van der Waals surface area contributed by atoms with Crippen molar-refractivity contribution in [2.45, 2.75) is 0 Å². The van der Waals surface area contributed by atoms with Crippen LogP contribution in [0.2, 0.25) is 0 Å². The van der Waals surface area contributed by atoms with Crippen LogP contribution in [0.5, 0.6) is 0 Å². The van der Waals surface area contributed by atoms with Crippen LogP contribution >= 0.6 is 15.8 Å². The van der Waals surface area contributed by atoms with E-state index in [1.54, 1.807) is 0 Å². The zero-order valence-corrected chi connectivity index (χ0v) is 10.2. The van der Waals surface area contributed by atoms with Gasteiger partial charge in [-0.05, 0) is 0 Å². The molecule has 0 heterocycles. The third-order valence-corrected chi connectivity index (χ3v) is 22.5. The van der Waals surface area contributed by atoms with E-state index in [-0.39, 0.29) is 0 Å². The molecule has 0 aromatic heterocycles. The molecule has 0 bridgehead atoms. The molecular formula is H4S2Sb2. The quantitative estimate of drug-likeness (QED) is 0.471. The normalized spacial score (nSPS) is 7.50. The fourth-order valence-electron chi connectivity index (χ4n) is 0. The Labute approximate surface area is 58.1 Å². The third-order valence-electron chi connectivity index (χ3n) is 0.0556. The van der Waals surface area contributed by atoms with Crippen molar-refractivity contribution in [1.29, 1.82) is 0 Å². The van der Waals surface area contributed by atoms with Crippen molar-refractivity contribution >= 4 is 59.0 Å². The number of hydrogen-bond donors (Lipinski definition) is 0. The van der Waals surface area contributed by atoms with Crippen LogP contribution in [-0.4, -0.2) is 43.2 Å². The van der Waals surface area contributed by atoms with Crippen LogP contribution in [0.1, 0.15) is 0 Å². The van der Waals surface area contributed by atoms with Gasteiger partial charge in [0.25, 0.3) is 0 Å². The Kier molecular flexibility index (Phi) is 8.45. The molecule has 4 heavy (non-hydrogen) atoms. The van der Waals surface area contributed by atoms with Gasteiger partial charge < -0.3 is 0 Å². The summed E-state index contributed by atoms with van der Waals surface area (Å²) >= 11 is 2.70. The Bertz CT molecular complexity index is 6.00. The van der Waals surface area contributed by atoms with Gasteiger partial charge in [-0.2, -0.15) is 0 Å². The van der Waals surface area contributed by atoms with E-state index < -0.39 is 0 Å². The van der Waals surface area contributed by atoms with Crippen molar-refractivity contribution in [3.63, 3.8) is 0 Å². The van der Waals surface area contributed by atoms with Crippen molar-refractivity contribution in [2.75, 3.05) is 0 Å². The molecule has 26 valence electrons. The molecule has 0 aliphatic heterocycles. The molecule has 0 nitrogen and oxygen atoms in total. The summed E-state index contributed by atoms with van der Waals surface area (Å²) < 4.78 is 0. The van der Waals surface area contributed by atoms with Gasteiger partial charge in [-0.3, -0.25) is 0 Å². The Morgan fingerprint density at radius 2 is 1.25 bits per heavy atom. The third kappa shape index (κ3) is 4.34. The van der Waals surface area contributed by atoms with Gasteiger partial charge in [0.05, 0.1) is 0 Å². The summed E-state index contributed by atoms with van der Waals surface area (Å²) in [7, 11) is 3.92. The van der Waals surface area contributed by atoms with Crippen molar-refractivity contribution in [1.82, 2.24) is 0 Å². The molecule has 0 fully saturated rings. The van der Waals surface area contributed by atoms with Gasteiger partial charge in [0.2, 0.25) is 0 Å². The molecule has 0 aromatic carbocycles. The molecule has 0 N–H and O–H groups in total. The summed E-state index contributed by atoms with van der Waals surface area (Å²) in [6, 6.07) is 0. The van der Waals surface area contributed by atoms with Gasteiger partial charge in [0.1, 0.15) is 0 Å². The molecule has 0 atom stereocenters. The Balaban J connectivity index is 1.97. The van der Waals surface area contributed by atoms with E-state index in [2.05, 4.69) is 0 Å². The van der Waals surface area contributed by atoms with E-state index >= 15 is 0 Å². The van der Waals surface area contributed by atoms with E-state index in [9.17, 15) is 0 Å². The second kappa shape index (κ2) is 5.34. The average Bonchev–Trinajstić information content (AvgIpc) is 1.37. The molecule has 0 unspecified atom stereocenters. The first-order valence-electron chi connectivity index (χ1n) is 0.638. The Hall–Kier alpha value is 2.34. The number of hydrogen-bond acceptors (Lipinski definition) is 2. The van der Waals surface area contributed by atoms with Crippen LogP contribution < -0.4 is 0 Å². The first-order chi connectivity index (χ1) is 1.91. The fourth-order valence-corrected chi connectivity index (χ4v) is 0. The molecule has 0 spiro atoms. The predicted molar refractivity (Wildman–Crippen MR) is 32.3 cm³/mol. The van der Waals surface area contributed by atoms with Gasteiger partial charge >= 0.3 is 59.0 Å². The molecule has 0 amide bonds. The van der Waals surface area contributed by atoms with Crippen molar-refractivity contribution in [3.05, 3.63) is 0 Å².